The number of hydrogen-bond donors (Lipinski definition) is 4. The summed E-state index contributed by atoms with van der Waals surface area (Å²) in [5, 5.41) is 6.91. The highest BCUT2D eigenvalue weighted by molar-refractivity contribution is 5.94. The topological polar surface area (TPSA) is 189 Å². The van der Waals surface area contributed by atoms with Gasteiger partial charge in [-0.05, 0) is 6.92 Å². The highest BCUT2D eigenvalue weighted by Crippen LogP contribution is 2.23. The molecular weight excluding hydrogens is 412 g/mol. The minimum absolute atomic E-state index is 0.0479. The van der Waals surface area contributed by atoms with E-state index >= 15 is 0 Å². The van der Waals surface area contributed by atoms with Crippen molar-refractivity contribution in [2.24, 2.45) is 5.73 Å². The average molecular weight is 437 g/mol. The van der Waals surface area contributed by atoms with Crippen molar-refractivity contribution in [2.75, 3.05) is 5.73 Å². The van der Waals surface area contributed by atoms with Crippen LogP contribution in [0.4, 0.5) is 5.82 Å². The summed E-state index contributed by atoms with van der Waals surface area (Å²) in [6, 6.07) is 1.24. The van der Waals surface area contributed by atoms with Crippen LogP contribution >= 0.6 is 0 Å². The molecule has 4 rings (SSSR count). The number of carbonyl (C=O) groups excluding carboxylic acids is 1. The minimum Gasteiger partial charge on any atom is -0.383 e. The molecule has 1 amide bonds. The Balaban J connectivity index is 1.55. The number of aromatic amines is 2. The minimum atomic E-state index is -0.484. The Morgan fingerprint density at radius 3 is 2.81 bits per heavy atom. The lowest BCUT2D eigenvalue weighted by Crippen LogP contribution is -2.29. The molecule has 4 aromatic heterocycles. The molecule has 7 N–H and O–H groups in total. The molecule has 1 atom stereocenters. The van der Waals surface area contributed by atoms with Crippen LogP contribution in [0, 0.1) is 0 Å². The fourth-order valence-electron chi connectivity index (χ4n) is 3.11. The predicted octanol–water partition coefficient (Wildman–Crippen LogP) is 1.05. The summed E-state index contributed by atoms with van der Waals surface area (Å²) in [7, 11) is 0. The van der Waals surface area contributed by atoms with Gasteiger partial charge >= 0.3 is 5.65 Å². The highest BCUT2D eigenvalue weighted by atomic mass is 16.5. The normalized spacial score (nSPS) is 12.8. The summed E-state index contributed by atoms with van der Waals surface area (Å²) < 4.78 is 5.45. The second-order valence-corrected chi connectivity index (χ2v) is 8.43. The van der Waals surface area contributed by atoms with Gasteiger partial charge < -0.3 is 21.3 Å². The van der Waals surface area contributed by atoms with Gasteiger partial charge in [0.05, 0.1) is 12.2 Å². The zero-order valence-electron chi connectivity index (χ0n) is 18.2. The van der Waals surface area contributed by atoms with E-state index in [-0.39, 0.29) is 23.5 Å². The van der Waals surface area contributed by atoms with Crippen molar-refractivity contribution >= 4 is 22.9 Å². The van der Waals surface area contributed by atoms with Crippen LogP contribution in [0.25, 0.3) is 22.7 Å². The quantitative estimate of drug-likeness (QED) is 0.353. The number of imidazole rings is 1. The van der Waals surface area contributed by atoms with E-state index in [1.54, 1.807) is 19.2 Å². The van der Waals surface area contributed by atoms with Crippen molar-refractivity contribution in [3.63, 3.8) is 0 Å². The van der Waals surface area contributed by atoms with Crippen LogP contribution in [0.3, 0.4) is 0 Å². The number of aromatic nitrogens is 7. The molecule has 0 saturated heterocycles. The summed E-state index contributed by atoms with van der Waals surface area (Å²) >= 11 is 0. The van der Waals surface area contributed by atoms with E-state index in [0.717, 1.165) is 11.3 Å². The monoisotopic (exact) mass is 437 g/mol. The maximum atomic E-state index is 12.7. The number of nitrogens with two attached hydrogens (primary N) is 2. The van der Waals surface area contributed by atoms with Crippen molar-refractivity contribution in [3.8, 4) is 11.5 Å². The van der Waals surface area contributed by atoms with Crippen molar-refractivity contribution in [1.29, 1.82) is 0 Å². The maximum absolute atomic E-state index is 12.7. The molecule has 12 nitrogen and oxygen atoms in total. The predicted molar refractivity (Wildman–Crippen MR) is 115 cm³/mol. The summed E-state index contributed by atoms with van der Waals surface area (Å²) in [5.74, 6) is 1.54. The molecule has 4 heterocycles. The number of amides is 1. The number of nitrogen functional groups attached to an aromatic ring is 1. The van der Waals surface area contributed by atoms with Crippen LogP contribution in [0.15, 0.2) is 23.1 Å². The molecule has 0 bridgehead atoms. The number of hydrogen-bond acceptors (Lipinski definition) is 9. The van der Waals surface area contributed by atoms with Crippen molar-refractivity contribution in [3.05, 3.63) is 41.4 Å². The lowest BCUT2D eigenvalue weighted by atomic mass is 9.96. The smallest absolute Gasteiger partial charge is 0.303 e. The second kappa shape index (κ2) is 7.96. The zero-order chi connectivity index (χ0) is 23.0. The number of nitrogens with one attached hydrogen (secondary N) is 3. The Bertz CT molecular complexity index is 1290. The molecule has 166 valence electrons. The van der Waals surface area contributed by atoms with Crippen molar-refractivity contribution in [1.82, 2.24) is 35.4 Å². The maximum Gasteiger partial charge on any atom is 0.303 e. The zero-order valence-corrected chi connectivity index (χ0v) is 18.2. The molecule has 0 unspecified atom stereocenters. The molecule has 0 aliphatic heterocycles. The highest BCUT2D eigenvalue weighted by Gasteiger charge is 2.25. The number of carbonyl (C=O) groups is 1. The molecule has 0 radical (unpaired) electrons. The summed E-state index contributed by atoms with van der Waals surface area (Å²) in [6.45, 7) is 7.96. The van der Waals surface area contributed by atoms with Gasteiger partial charge in [0.2, 0.25) is 5.82 Å². The van der Waals surface area contributed by atoms with Gasteiger partial charge in [0.15, 0.2) is 17.0 Å². The van der Waals surface area contributed by atoms with E-state index in [0.29, 0.717) is 28.5 Å². The lowest BCUT2D eigenvalue weighted by molar-refractivity contribution is -0.334. The summed E-state index contributed by atoms with van der Waals surface area (Å²) in [5.41, 5.74) is 13.8. The molecule has 0 aliphatic carbocycles. The summed E-state index contributed by atoms with van der Waals surface area (Å²) in [6.07, 6.45) is 2.95. The molecular formula is C20H25N10O2+. The second-order valence-electron chi connectivity index (χ2n) is 8.43. The van der Waals surface area contributed by atoms with Crippen LogP contribution in [-0.4, -0.2) is 36.0 Å². The van der Waals surface area contributed by atoms with Crippen LogP contribution in [-0.2, 0) is 12.0 Å². The SMILES string of the molecule is C[C@@H](NC(=O)c1ncnc(N)c1CN)c1cc(-c2[nH]c3cnc(C(C)(C)C)nc3[nH+]2)no1. The molecule has 0 aliphatic rings. The largest absolute Gasteiger partial charge is 0.383 e. The fourth-order valence-corrected chi connectivity index (χ4v) is 3.11. The Morgan fingerprint density at radius 2 is 2.09 bits per heavy atom. The van der Waals surface area contributed by atoms with Crippen LogP contribution in [0.1, 0.15) is 61.4 Å². The van der Waals surface area contributed by atoms with E-state index < -0.39 is 11.9 Å². The van der Waals surface area contributed by atoms with Gasteiger partial charge in [0.1, 0.15) is 17.8 Å². The first-order chi connectivity index (χ1) is 15.2. The van der Waals surface area contributed by atoms with E-state index in [9.17, 15) is 4.79 Å². The van der Waals surface area contributed by atoms with Gasteiger partial charge in [-0.3, -0.25) is 9.78 Å². The molecule has 0 fully saturated rings. The van der Waals surface area contributed by atoms with Gasteiger partial charge in [-0.1, -0.05) is 30.9 Å². The Kier molecular flexibility index (Phi) is 5.30. The van der Waals surface area contributed by atoms with Crippen LogP contribution in [0.2, 0.25) is 0 Å². The molecule has 0 spiro atoms. The van der Waals surface area contributed by atoms with Crippen LogP contribution < -0.4 is 21.8 Å². The van der Waals surface area contributed by atoms with Crippen molar-refractivity contribution < 1.29 is 14.3 Å². The van der Waals surface area contributed by atoms with Crippen molar-refractivity contribution in [2.45, 2.75) is 45.7 Å². The van der Waals surface area contributed by atoms with Gasteiger partial charge in [-0.2, -0.15) is 0 Å². The van der Waals surface area contributed by atoms with Gasteiger partial charge in [-0.25, -0.2) is 19.9 Å². The van der Waals surface area contributed by atoms with Crippen LogP contribution in [0.5, 0.6) is 0 Å². The fraction of sp³-hybridized carbons (Fsp3) is 0.350. The number of anilines is 1. The van der Waals surface area contributed by atoms with Gasteiger partial charge in [0.25, 0.3) is 11.7 Å². The third kappa shape index (κ3) is 3.99. The Labute approximate surface area is 183 Å². The third-order valence-electron chi connectivity index (χ3n) is 4.92. The number of nitrogens with zero attached hydrogens (tertiary/aromatic N) is 5. The number of fused-ring (bicyclic) bond motifs is 1. The molecule has 0 saturated carbocycles. The summed E-state index contributed by atoms with van der Waals surface area (Å²) in [4.78, 5) is 35.9. The van der Waals surface area contributed by atoms with E-state index in [1.807, 2.05) is 20.8 Å². The molecule has 0 aromatic carbocycles. The van der Waals surface area contributed by atoms with Gasteiger partial charge in [-0.15, -0.1) is 0 Å². The van der Waals surface area contributed by atoms with E-state index in [1.165, 1.54) is 6.33 Å². The average Bonchev–Trinajstić information content (AvgIpc) is 3.39. The number of rotatable bonds is 5. The lowest BCUT2D eigenvalue weighted by Gasteiger charge is -2.12. The molecule has 12 heteroatoms. The first-order valence-electron chi connectivity index (χ1n) is 10.0. The Morgan fingerprint density at radius 1 is 1.31 bits per heavy atom. The first-order valence-corrected chi connectivity index (χ1v) is 10.0. The molecule has 32 heavy (non-hydrogen) atoms. The Hall–Kier alpha value is -3.93. The first kappa shape index (κ1) is 21.3. The molecule has 4 aromatic rings. The van der Waals surface area contributed by atoms with E-state index in [2.05, 4.69) is 40.4 Å². The van der Waals surface area contributed by atoms with E-state index in [4.69, 9.17) is 16.0 Å². The number of H-pyrrole nitrogens is 2. The standard InChI is InChI=1S/C20H24N10O2/c1-9(26-18(31)14-10(6-21)15(22)25-8-24-14)13-5-11(30-32-13)16-27-12-7-23-19(20(2,3)4)29-17(12)28-16/h5,7-9H,6,21H2,1-4H3,(H,26,31)(H2,22,24,25)(H,23,27,28,29)/p+1/t9-/m1/s1. The third-order valence-corrected chi connectivity index (χ3v) is 4.92. The van der Waals surface area contributed by atoms with Gasteiger partial charge in [0, 0.05) is 23.6 Å².